The summed E-state index contributed by atoms with van der Waals surface area (Å²) < 4.78 is 0. The van der Waals surface area contributed by atoms with Crippen molar-refractivity contribution in [3.05, 3.63) is 59.7 Å². The Hall–Kier alpha value is -0.770. The molecule has 1 aliphatic rings. The first-order valence-electron chi connectivity index (χ1n) is 5.41. The second-order valence-electron chi connectivity index (χ2n) is 4.09. The molecule has 0 fully saturated rings. The Kier molecular flexibility index (Phi) is 2.77. The van der Waals surface area contributed by atoms with Gasteiger partial charge in [-0.05, 0) is 12.1 Å². The van der Waals surface area contributed by atoms with Crippen LogP contribution in [0.15, 0.2) is 58.3 Å². The van der Waals surface area contributed by atoms with Crippen LogP contribution in [0.1, 0.15) is 11.1 Å². The maximum Gasteiger partial charge on any atom is 0.126 e. The molecule has 2 aromatic carbocycles. The summed E-state index contributed by atoms with van der Waals surface area (Å²) in [5.74, 6) is 0. The van der Waals surface area contributed by atoms with Crippen molar-refractivity contribution >= 4 is 27.7 Å². The van der Waals surface area contributed by atoms with Crippen molar-refractivity contribution < 1.29 is 5.11 Å². The van der Waals surface area contributed by atoms with Crippen LogP contribution < -0.4 is 0 Å². The number of benzene rings is 2. The molecular weight excluding hydrogens is 296 g/mol. The Morgan fingerprint density at radius 3 is 1.88 bits per heavy atom. The van der Waals surface area contributed by atoms with Gasteiger partial charge in [-0.1, -0.05) is 64.1 Å². The summed E-state index contributed by atoms with van der Waals surface area (Å²) in [6.07, 6.45) is 0. The highest BCUT2D eigenvalue weighted by Crippen LogP contribution is 2.48. The zero-order valence-corrected chi connectivity index (χ0v) is 11.5. The molecule has 1 aliphatic heterocycles. The molecule has 0 atom stereocenters. The molecule has 0 aromatic heterocycles. The van der Waals surface area contributed by atoms with Crippen molar-refractivity contribution in [1.29, 1.82) is 0 Å². The minimum absolute atomic E-state index is 0.509. The van der Waals surface area contributed by atoms with Gasteiger partial charge in [-0.2, -0.15) is 0 Å². The summed E-state index contributed by atoms with van der Waals surface area (Å²) >= 11 is 5.17. The van der Waals surface area contributed by atoms with Crippen LogP contribution in [0.5, 0.6) is 0 Å². The van der Waals surface area contributed by atoms with Gasteiger partial charge in [0.25, 0.3) is 0 Å². The first-order chi connectivity index (χ1) is 8.25. The lowest BCUT2D eigenvalue weighted by Crippen LogP contribution is -2.32. The minimum Gasteiger partial charge on any atom is -0.379 e. The number of aliphatic hydroxyl groups is 1. The number of hydrogen-bond acceptors (Lipinski definition) is 2. The Morgan fingerprint density at radius 2 is 1.41 bits per heavy atom. The van der Waals surface area contributed by atoms with E-state index in [2.05, 4.69) is 28.1 Å². The van der Waals surface area contributed by atoms with Gasteiger partial charge in [0.15, 0.2) is 0 Å². The van der Waals surface area contributed by atoms with E-state index >= 15 is 0 Å². The van der Waals surface area contributed by atoms with Gasteiger partial charge in [0, 0.05) is 26.2 Å². The average Bonchev–Trinajstić information content (AvgIpc) is 2.39. The van der Waals surface area contributed by atoms with Gasteiger partial charge in [-0.25, -0.2) is 0 Å². The van der Waals surface area contributed by atoms with Crippen molar-refractivity contribution in [3.8, 4) is 0 Å². The van der Waals surface area contributed by atoms with E-state index in [0.29, 0.717) is 5.33 Å². The number of hydrogen-bond donors (Lipinski definition) is 1. The summed E-state index contributed by atoms with van der Waals surface area (Å²) in [5.41, 5.74) is 1.06. The molecule has 0 unspecified atom stereocenters. The highest BCUT2D eigenvalue weighted by molar-refractivity contribution is 9.09. The number of fused-ring (bicyclic) bond motifs is 2. The van der Waals surface area contributed by atoms with Crippen LogP contribution in [0.25, 0.3) is 0 Å². The monoisotopic (exact) mass is 306 g/mol. The van der Waals surface area contributed by atoms with E-state index < -0.39 is 5.60 Å². The van der Waals surface area contributed by atoms with Gasteiger partial charge in [-0.15, -0.1) is 0 Å². The highest BCUT2D eigenvalue weighted by Gasteiger charge is 2.37. The third-order valence-electron chi connectivity index (χ3n) is 3.08. The topological polar surface area (TPSA) is 20.2 Å². The van der Waals surface area contributed by atoms with Crippen LogP contribution in [0.4, 0.5) is 0 Å². The quantitative estimate of drug-likeness (QED) is 0.809. The zero-order valence-electron chi connectivity index (χ0n) is 9.06. The van der Waals surface area contributed by atoms with Gasteiger partial charge in [0.2, 0.25) is 0 Å². The lowest BCUT2D eigenvalue weighted by molar-refractivity contribution is 0.102. The molecule has 3 heteroatoms. The maximum absolute atomic E-state index is 10.9. The second kappa shape index (κ2) is 4.16. The van der Waals surface area contributed by atoms with Crippen molar-refractivity contribution in [3.63, 3.8) is 0 Å². The summed E-state index contributed by atoms with van der Waals surface area (Å²) in [5, 5.41) is 11.4. The van der Waals surface area contributed by atoms with Gasteiger partial charge >= 0.3 is 0 Å². The molecule has 0 saturated carbocycles. The largest absolute Gasteiger partial charge is 0.379 e. The van der Waals surface area contributed by atoms with E-state index in [-0.39, 0.29) is 0 Å². The predicted molar refractivity (Wildman–Crippen MR) is 73.8 cm³/mol. The maximum atomic E-state index is 10.9. The fraction of sp³-hybridized carbons (Fsp3) is 0.143. The van der Waals surface area contributed by atoms with E-state index in [1.807, 2.05) is 36.4 Å². The van der Waals surface area contributed by atoms with Crippen LogP contribution in [0, 0.1) is 0 Å². The fourth-order valence-corrected chi connectivity index (χ4v) is 4.03. The van der Waals surface area contributed by atoms with Gasteiger partial charge in [-0.3, -0.25) is 0 Å². The molecule has 0 spiro atoms. The third kappa shape index (κ3) is 1.65. The lowest BCUT2D eigenvalue weighted by Gasteiger charge is -2.34. The fourth-order valence-electron chi connectivity index (χ4n) is 2.20. The average molecular weight is 307 g/mol. The molecule has 3 rings (SSSR count). The third-order valence-corrected chi connectivity index (χ3v) is 5.04. The van der Waals surface area contributed by atoms with Gasteiger partial charge in [0.1, 0.15) is 5.60 Å². The molecule has 0 saturated heterocycles. The SMILES string of the molecule is OC1(CBr)c2ccccc2Sc2ccccc21. The molecular formula is C14H11BrOS. The van der Waals surface area contributed by atoms with Gasteiger partial charge < -0.3 is 5.11 Å². The second-order valence-corrected chi connectivity index (χ2v) is 5.73. The van der Waals surface area contributed by atoms with Crippen LogP contribution >= 0.6 is 27.7 Å². The van der Waals surface area contributed by atoms with Crippen molar-refractivity contribution in [1.82, 2.24) is 0 Å². The van der Waals surface area contributed by atoms with E-state index in [1.54, 1.807) is 11.8 Å². The number of alkyl halides is 1. The predicted octanol–water partition coefficient (Wildman–Crippen LogP) is 3.78. The van der Waals surface area contributed by atoms with Crippen molar-refractivity contribution in [2.24, 2.45) is 0 Å². The molecule has 1 heterocycles. The van der Waals surface area contributed by atoms with Crippen molar-refractivity contribution in [2.45, 2.75) is 15.4 Å². The van der Waals surface area contributed by atoms with E-state index in [4.69, 9.17) is 0 Å². The molecule has 1 N–H and O–H groups in total. The Bertz CT molecular complexity index is 522. The van der Waals surface area contributed by atoms with E-state index in [0.717, 1.165) is 20.9 Å². The standard InChI is InChI=1S/C14H11BrOS/c15-9-14(16)10-5-1-3-7-12(10)17-13-8-4-2-6-11(13)14/h1-8,16H,9H2. The summed E-state index contributed by atoms with van der Waals surface area (Å²) in [4.78, 5) is 2.27. The lowest BCUT2D eigenvalue weighted by atomic mass is 9.87. The zero-order chi connectivity index (χ0) is 11.9. The Balaban J connectivity index is 2.28. The molecule has 0 amide bonds. The normalized spacial score (nSPS) is 16.1. The summed E-state index contributed by atoms with van der Waals surface area (Å²) in [6.45, 7) is 0. The summed E-state index contributed by atoms with van der Waals surface area (Å²) in [6, 6.07) is 16.1. The molecule has 1 nitrogen and oxygen atoms in total. The number of halogens is 1. The van der Waals surface area contributed by atoms with Crippen LogP contribution in [0.3, 0.4) is 0 Å². The Morgan fingerprint density at radius 1 is 0.941 bits per heavy atom. The smallest absolute Gasteiger partial charge is 0.126 e. The molecule has 0 bridgehead atoms. The number of rotatable bonds is 1. The van der Waals surface area contributed by atoms with Crippen LogP contribution in [-0.4, -0.2) is 10.4 Å². The van der Waals surface area contributed by atoms with Crippen LogP contribution in [0.2, 0.25) is 0 Å². The first-order valence-corrected chi connectivity index (χ1v) is 7.35. The van der Waals surface area contributed by atoms with Crippen LogP contribution in [-0.2, 0) is 5.60 Å². The molecule has 0 radical (unpaired) electrons. The van der Waals surface area contributed by atoms with E-state index in [9.17, 15) is 5.11 Å². The van der Waals surface area contributed by atoms with Gasteiger partial charge in [0.05, 0.1) is 0 Å². The first kappa shape index (κ1) is 11.3. The molecule has 86 valence electrons. The van der Waals surface area contributed by atoms with Crippen molar-refractivity contribution in [2.75, 3.05) is 5.33 Å². The highest BCUT2D eigenvalue weighted by atomic mass is 79.9. The molecule has 0 aliphatic carbocycles. The molecule has 17 heavy (non-hydrogen) atoms. The Labute approximate surface area is 113 Å². The minimum atomic E-state index is -0.918. The molecule has 2 aromatic rings. The van der Waals surface area contributed by atoms with E-state index in [1.165, 1.54) is 0 Å². The summed E-state index contributed by atoms with van der Waals surface area (Å²) in [7, 11) is 0.